The minimum Gasteiger partial charge on any atom is -0.455 e. The summed E-state index contributed by atoms with van der Waals surface area (Å²) >= 11 is 0. The van der Waals surface area contributed by atoms with Gasteiger partial charge < -0.3 is 13.6 Å². The molecule has 0 aliphatic rings. The summed E-state index contributed by atoms with van der Waals surface area (Å²) in [6.45, 7) is 0. The lowest BCUT2D eigenvalue weighted by atomic mass is 10.1. The van der Waals surface area contributed by atoms with Gasteiger partial charge in [0.1, 0.15) is 22.8 Å². The lowest BCUT2D eigenvalue weighted by molar-refractivity contribution is 0.673. The van der Waals surface area contributed by atoms with Crippen LogP contribution in [0.5, 0.6) is 0 Å². The van der Waals surface area contributed by atoms with E-state index in [0.29, 0.717) is 22.5 Å². The van der Waals surface area contributed by atoms with Crippen LogP contribution in [0.3, 0.4) is 0 Å². The molecule has 5 heteroatoms. The molecule has 43 heavy (non-hydrogen) atoms. The number of hydrogen-bond acceptors (Lipinski definition) is 3. The molecule has 0 saturated heterocycles. The van der Waals surface area contributed by atoms with E-state index >= 15 is 0 Å². The molecule has 0 N–H and O–H groups in total. The van der Waals surface area contributed by atoms with Gasteiger partial charge in [0.25, 0.3) is 0 Å². The van der Waals surface area contributed by atoms with E-state index in [-0.39, 0.29) is 0 Å². The monoisotopic (exact) mass is 548 g/mol. The van der Waals surface area contributed by atoms with Crippen molar-refractivity contribution in [3.05, 3.63) is 132 Å². The third-order valence-electron chi connectivity index (χ3n) is 8.58. The fourth-order valence-electron chi connectivity index (χ4n) is 6.82. The predicted octanol–water partition coefficient (Wildman–Crippen LogP) is 9.52. The number of para-hydroxylation sites is 4. The highest BCUT2D eigenvalue weighted by Gasteiger charge is 2.23. The van der Waals surface area contributed by atoms with Crippen molar-refractivity contribution in [3.63, 3.8) is 0 Å². The van der Waals surface area contributed by atoms with Crippen molar-refractivity contribution in [2.24, 2.45) is 0 Å². The van der Waals surface area contributed by atoms with Gasteiger partial charge in [-0.05, 0) is 48.5 Å². The third kappa shape index (κ3) is 3.08. The highest BCUT2D eigenvalue weighted by Crippen LogP contribution is 2.42. The number of nitriles is 2. The largest absolute Gasteiger partial charge is 0.455 e. The standard InChI is InChI=1S/C38H20N4O/c39-21-23-19-34(41-30-13-5-1-9-24(30)25-10-2-6-14-31(25)41)29(22-40)35(20-23)42-32-15-7-3-12-28(32)37-33(42)18-17-27-26-11-4-8-16-36(26)43-38(27)37/h1-20H. The first-order chi connectivity index (χ1) is 21.3. The maximum Gasteiger partial charge on any atom is 0.145 e. The zero-order valence-corrected chi connectivity index (χ0v) is 22.7. The molecule has 0 aliphatic heterocycles. The number of benzene rings is 6. The van der Waals surface area contributed by atoms with Gasteiger partial charge >= 0.3 is 0 Å². The Bertz CT molecular complexity index is 2650. The predicted molar refractivity (Wildman–Crippen MR) is 172 cm³/mol. The van der Waals surface area contributed by atoms with Crippen molar-refractivity contribution >= 4 is 65.6 Å². The van der Waals surface area contributed by atoms with Crippen molar-refractivity contribution in [2.45, 2.75) is 0 Å². The smallest absolute Gasteiger partial charge is 0.145 e. The summed E-state index contributed by atoms with van der Waals surface area (Å²) in [6, 6.07) is 45.4. The fraction of sp³-hybridized carbons (Fsp3) is 0. The second kappa shape index (κ2) is 8.60. The number of hydrogen-bond donors (Lipinski definition) is 0. The van der Waals surface area contributed by atoms with Gasteiger partial charge in [-0.2, -0.15) is 10.5 Å². The fourth-order valence-corrected chi connectivity index (χ4v) is 6.82. The maximum atomic E-state index is 10.8. The Labute approximate surface area is 245 Å². The zero-order chi connectivity index (χ0) is 28.7. The average molecular weight is 549 g/mol. The zero-order valence-electron chi connectivity index (χ0n) is 22.7. The van der Waals surface area contributed by atoms with E-state index in [1.807, 2.05) is 66.7 Å². The minimum absolute atomic E-state index is 0.474. The molecular formula is C38H20N4O. The summed E-state index contributed by atoms with van der Waals surface area (Å²) in [5, 5.41) is 27.4. The maximum absolute atomic E-state index is 10.8. The Morgan fingerprint density at radius 1 is 0.488 bits per heavy atom. The molecule has 3 heterocycles. The molecule has 9 rings (SSSR count). The van der Waals surface area contributed by atoms with Crippen LogP contribution in [0.2, 0.25) is 0 Å². The van der Waals surface area contributed by atoms with E-state index < -0.39 is 0 Å². The van der Waals surface area contributed by atoms with Crippen LogP contribution in [0, 0.1) is 22.7 Å². The topological polar surface area (TPSA) is 70.6 Å². The summed E-state index contributed by atoms with van der Waals surface area (Å²) in [4.78, 5) is 0. The Hall–Kier alpha value is -6.30. The van der Waals surface area contributed by atoms with Gasteiger partial charge in [-0.25, -0.2) is 0 Å². The summed E-state index contributed by atoms with van der Waals surface area (Å²) < 4.78 is 10.7. The summed E-state index contributed by atoms with van der Waals surface area (Å²) in [5.74, 6) is 0. The summed E-state index contributed by atoms with van der Waals surface area (Å²) in [7, 11) is 0. The van der Waals surface area contributed by atoms with Gasteiger partial charge in [-0.1, -0.05) is 72.8 Å². The molecule has 198 valence electrons. The Balaban J connectivity index is 1.45. The van der Waals surface area contributed by atoms with Crippen molar-refractivity contribution in [1.82, 2.24) is 9.13 Å². The van der Waals surface area contributed by atoms with E-state index in [1.165, 1.54) is 0 Å². The lowest BCUT2D eigenvalue weighted by Gasteiger charge is -2.16. The van der Waals surface area contributed by atoms with Gasteiger partial charge in [-0.3, -0.25) is 0 Å². The first-order valence-electron chi connectivity index (χ1n) is 14.1. The van der Waals surface area contributed by atoms with E-state index in [2.05, 4.69) is 75.9 Å². The van der Waals surface area contributed by atoms with E-state index in [9.17, 15) is 10.5 Å². The van der Waals surface area contributed by atoms with Crippen molar-refractivity contribution in [2.75, 3.05) is 0 Å². The van der Waals surface area contributed by atoms with Crippen LogP contribution in [-0.4, -0.2) is 9.13 Å². The van der Waals surface area contributed by atoms with Crippen LogP contribution in [0.25, 0.3) is 76.9 Å². The Kier molecular flexibility index (Phi) is 4.68. The van der Waals surface area contributed by atoms with Crippen LogP contribution in [0.1, 0.15) is 11.1 Å². The van der Waals surface area contributed by atoms with Crippen molar-refractivity contribution in [3.8, 4) is 23.5 Å². The molecule has 3 aromatic heterocycles. The van der Waals surface area contributed by atoms with Crippen LogP contribution in [-0.2, 0) is 0 Å². The molecule has 0 fully saturated rings. The minimum atomic E-state index is 0.474. The van der Waals surface area contributed by atoms with Crippen LogP contribution < -0.4 is 0 Å². The molecule has 0 radical (unpaired) electrons. The highest BCUT2D eigenvalue weighted by atomic mass is 16.3. The summed E-state index contributed by atoms with van der Waals surface area (Å²) in [6.07, 6.45) is 0. The molecule has 6 aromatic carbocycles. The quantitative estimate of drug-likeness (QED) is 0.216. The van der Waals surface area contributed by atoms with Crippen LogP contribution in [0.4, 0.5) is 0 Å². The molecule has 0 atom stereocenters. The lowest BCUT2D eigenvalue weighted by Crippen LogP contribution is -2.05. The van der Waals surface area contributed by atoms with E-state index in [4.69, 9.17) is 4.42 Å². The number of furan rings is 1. The second-order valence-electron chi connectivity index (χ2n) is 10.8. The first kappa shape index (κ1) is 23.4. The van der Waals surface area contributed by atoms with Gasteiger partial charge in [0.05, 0.1) is 50.5 Å². The van der Waals surface area contributed by atoms with E-state index in [1.54, 1.807) is 0 Å². The van der Waals surface area contributed by atoms with Gasteiger partial charge in [0, 0.05) is 26.9 Å². The Morgan fingerprint density at radius 2 is 1.02 bits per heavy atom. The van der Waals surface area contributed by atoms with Gasteiger partial charge in [-0.15, -0.1) is 0 Å². The number of aromatic nitrogens is 2. The van der Waals surface area contributed by atoms with Crippen LogP contribution in [0.15, 0.2) is 126 Å². The Morgan fingerprint density at radius 3 is 1.65 bits per heavy atom. The molecule has 0 unspecified atom stereocenters. The SMILES string of the molecule is N#Cc1cc(-n2c3ccccc3c3ccccc32)c(C#N)c(-n2c3ccccc3c3c4oc5ccccc5c4ccc32)c1. The normalized spacial score (nSPS) is 11.7. The van der Waals surface area contributed by atoms with Crippen LogP contribution >= 0.6 is 0 Å². The molecular weight excluding hydrogens is 528 g/mol. The molecule has 0 saturated carbocycles. The number of rotatable bonds is 2. The third-order valence-corrected chi connectivity index (χ3v) is 8.58. The molecule has 0 spiro atoms. The highest BCUT2D eigenvalue weighted by molar-refractivity contribution is 6.24. The second-order valence-corrected chi connectivity index (χ2v) is 10.8. The molecule has 0 bridgehead atoms. The summed E-state index contributed by atoms with van der Waals surface area (Å²) in [5.41, 5.74) is 7.73. The number of nitrogens with zero attached hydrogens (tertiary/aromatic N) is 4. The molecule has 0 amide bonds. The average Bonchev–Trinajstić information content (AvgIpc) is 3.71. The van der Waals surface area contributed by atoms with Crippen molar-refractivity contribution < 1.29 is 4.42 Å². The van der Waals surface area contributed by atoms with Gasteiger partial charge in [0.15, 0.2) is 0 Å². The molecule has 5 nitrogen and oxygen atoms in total. The first-order valence-corrected chi connectivity index (χ1v) is 14.1. The van der Waals surface area contributed by atoms with E-state index in [0.717, 1.165) is 65.6 Å². The van der Waals surface area contributed by atoms with Crippen molar-refractivity contribution in [1.29, 1.82) is 10.5 Å². The number of fused-ring (bicyclic) bond motifs is 10. The molecule has 0 aliphatic carbocycles. The molecule has 9 aromatic rings. The van der Waals surface area contributed by atoms with Gasteiger partial charge in [0.2, 0.25) is 0 Å².